The molecule has 0 saturated carbocycles. The number of rotatable bonds is 5. The van der Waals surface area contributed by atoms with Gasteiger partial charge in [0.2, 0.25) is 0 Å². The van der Waals surface area contributed by atoms with Crippen LogP contribution in [0.4, 0.5) is 10.5 Å². The average Bonchev–Trinajstić information content (AvgIpc) is 2.90. The lowest BCUT2D eigenvalue weighted by Gasteiger charge is -2.12. The third-order valence-corrected chi connectivity index (χ3v) is 4.88. The maximum Gasteiger partial charge on any atom is 0.293 e. The van der Waals surface area contributed by atoms with Gasteiger partial charge < -0.3 is 0 Å². The minimum atomic E-state index is -0.463. The second kappa shape index (κ2) is 8.01. The molecule has 0 radical (unpaired) electrons. The number of thioether (sulfide) groups is 1. The van der Waals surface area contributed by atoms with Gasteiger partial charge in [-0.1, -0.05) is 48.0 Å². The minimum Gasteiger partial charge on any atom is -0.268 e. The first-order valence-corrected chi connectivity index (χ1v) is 8.98. The van der Waals surface area contributed by atoms with E-state index in [0.717, 1.165) is 22.9 Å². The highest BCUT2D eigenvalue weighted by atomic mass is 32.2. The van der Waals surface area contributed by atoms with E-state index >= 15 is 0 Å². The number of amides is 2. The van der Waals surface area contributed by atoms with E-state index in [0.29, 0.717) is 10.5 Å². The van der Waals surface area contributed by atoms with Crippen LogP contribution in [0.15, 0.2) is 65.6 Å². The summed E-state index contributed by atoms with van der Waals surface area (Å²) in [4.78, 5) is 36.7. The third-order valence-electron chi connectivity index (χ3n) is 3.95. The van der Waals surface area contributed by atoms with Crippen molar-refractivity contribution < 1.29 is 14.5 Å². The summed E-state index contributed by atoms with van der Waals surface area (Å²) in [6.45, 7) is 2.17. The van der Waals surface area contributed by atoms with Gasteiger partial charge in [0.1, 0.15) is 0 Å². The number of allylic oxidation sites excluding steroid dienone is 2. The first-order chi connectivity index (χ1) is 13.0. The second-order valence-corrected chi connectivity index (χ2v) is 6.95. The van der Waals surface area contributed by atoms with Crippen molar-refractivity contribution in [2.24, 2.45) is 0 Å². The van der Waals surface area contributed by atoms with Gasteiger partial charge in [0.15, 0.2) is 0 Å². The zero-order chi connectivity index (χ0) is 19.4. The molecule has 1 fully saturated rings. The summed E-state index contributed by atoms with van der Waals surface area (Å²) in [6, 6.07) is 13.9. The van der Waals surface area contributed by atoms with Crippen molar-refractivity contribution in [1.82, 2.24) is 4.90 Å². The van der Waals surface area contributed by atoms with Gasteiger partial charge in [-0.25, -0.2) is 0 Å². The normalized spacial score (nSPS) is 15.9. The molecule has 1 aliphatic rings. The molecule has 3 rings (SSSR count). The Bertz CT molecular complexity index is 981. The number of benzene rings is 2. The molecule has 0 bridgehead atoms. The molecule has 0 atom stereocenters. The number of nitro groups is 1. The molecular weight excluding hydrogens is 364 g/mol. The van der Waals surface area contributed by atoms with Crippen LogP contribution in [0.1, 0.15) is 16.7 Å². The van der Waals surface area contributed by atoms with Crippen LogP contribution in [0, 0.1) is 17.0 Å². The predicted molar refractivity (Wildman–Crippen MR) is 105 cm³/mol. The van der Waals surface area contributed by atoms with Crippen LogP contribution >= 0.6 is 11.8 Å². The lowest BCUT2D eigenvalue weighted by atomic mass is 10.1. The Morgan fingerprint density at radius 2 is 1.93 bits per heavy atom. The fraction of sp³-hybridized carbons (Fsp3) is 0.100. The smallest absolute Gasteiger partial charge is 0.268 e. The highest BCUT2D eigenvalue weighted by molar-refractivity contribution is 8.18. The topological polar surface area (TPSA) is 80.5 Å². The van der Waals surface area contributed by atoms with E-state index in [1.807, 2.05) is 31.2 Å². The molecule has 1 heterocycles. The Hall–Kier alpha value is -3.19. The summed E-state index contributed by atoms with van der Waals surface area (Å²) < 4.78 is 0. The van der Waals surface area contributed by atoms with Gasteiger partial charge in [0, 0.05) is 6.07 Å². The molecule has 7 heteroatoms. The lowest BCUT2D eigenvalue weighted by Crippen LogP contribution is -2.27. The summed E-state index contributed by atoms with van der Waals surface area (Å²) in [7, 11) is 0. The molecule has 0 N–H and O–H groups in total. The predicted octanol–water partition coefficient (Wildman–Crippen LogP) is 4.70. The quantitative estimate of drug-likeness (QED) is 0.427. The molecule has 136 valence electrons. The summed E-state index contributed by atoms with van der Waals surface area (Å²) in [5.74, 6) is -0.362. The third kappa shape index (κ3) is 4.32. The highest BCUT2D eigenvalue weighted by Crippen LogP contribution is 2.32. The van der Waals surface area contributed by atoms with Crippen LogP contribution in [0.25, 0.3) is 6.08 Å². The van der Waals surface area contributed by atoms with Gasteiger partial charge in [-0.05, 0) is 42.5 Å². The average molecular weight is 380 g/mol. The van der Waals surface area contributed by atoms with E-state index in [2.05, 4.69) is 0 Å². The summed E-state index contributed by atoms with van der Waals surface area (Å²) in [6.07, 6.45) is 4.61. The first kappa shape index (κ1) is 18.6. The lowest BCUT2D eigenvalue weighted by molar-refractivity contribution is -0.385. The van der Waals surface area contributed by atoms with Crippen molar-refractivity contribution in [1.29, 1.82) is 0 Å². The number of nitro benzene ring substituents is 1. The zero-order valence-electron chi connectivity index (χ0n) is 14.5. The largest absolute Gasteiger partial charge is 0.293 e. The maximum atomic E-state index is 12.5. The zero-order valence-corrected chi connectivity index (χ0v) is 15.3. The van der Waals surface area contributed by atoms with E-state index in [-0.39, 0.29) is 23.4 Å². The maximum absolute atomic E-state index is 12.5. The molecule has 0 unspecified atom stereocenters. The number of hydrogen-bond donors (Lipinski definition) is 0. The highest BCUT2D eigenvalue weighted by Gasteiger charge is 2.34. The SMILES string of the molecule is Cc1cccc(CN2C(=O)S/C(=C\C=C\c3ccccc3[N+](=O)[O-])C2=O)c1. The van der Waals surface area contributed by atoms with Crippen LogP contribution < -0.4 is 0 Å². The fourth-order valence-electron chi connectivity index (χ4n) is 2.68. The van der Waals surface area contributed by atoms with E-state index < -0.39 is 4.92 Å². The molecule has 27 heavy (non-hydrogen) atoms. The van der Waals surface area contributed by atoms with Crippen LogP contribution in [-0.2, 0) is 11.3 Å². The Balaban J connectivity index is 1.76. The van der Waals surface area contributed by atoms with Gasteiger partial charge in [-0.3, -0.25) is 24.6 Å². The molecule has 0 aromatic heterocycles. The van der Waals surface area contributed by atoms with Crippen molar-refractivity contribution in [2.75, 3.05) is 0 Å². The standard InChI is InChI=1S/C20H16N2O4S/c1-14-6-4-7-15(12-14)13-21-19(23)18(27-20(21)24)11-5-9-16-8-2-3-10-17(16)22(25)26/h2-12H,13H2,1H3/b9-5+,18-11-. The van der Waals surface area contributed by atoms with E-state index in [4.69, 9.17) is 0 Å². The van der Waals surface area contributed by atoms with Crippen LogP contribution in [-0.4, -0.2) is 21.0 Å². The van der Waals surface area contributed by atoms with E-state index in [1.165, 1.54) is 17.0 Å². The molecule has 6 nitrogen and oxygen atoms in total. The first-order valence-electron chi connectivity index (χ1n) is 8.16. The number of para-hydroxylation sites is 1. The van der Waals surface area contributed by atoms with E-state index in [9.17, 15) is 19.7 Å². The van der Waals surface area contributed by atoms with Gasteiger partial charge >= 0.3 is 0 Å². The minimum absolute atomic E-state index is 0.0188. The van der Waals surface area contributed by atoms with Crippen molar-refractivity contribution in [3.05, 3.63) is 92.4 Å². The Morgan fingerprint density at radius 1 is 1.15 bits per heavy atom. The van der Waals surface area contributed by atoms with Crippen molar-refractivity contribution >= 4 is 34.7 Å². The monoisotopic (exact) mass is 380 g/mol. The van der Waals surface area contributed by atoms with Gasteiger partial charge in [0.05, 0.1) is 21.9 Å². The van der Waals surface area contributed by atoms with Crippen LogP contribution in [0.5, 0.6) is 0 Å². The second-order valence-electron chi connectivity index (χ2n) is 5.95. The van der Waals surface area contributed by atoms with Crippen LogP contribution in [0.2, 0.25) is 0 Å². The van der Waals surface area contributed by atoms with Crippen molar-refractivity contribution in [3.8, 4) is 0 Å². The molecule has 2 aromatic rings. The summed E-state index contributed by atoms with van der Waals surface area (Å²) in [5.41, 5.74) is 2.35. The van der Waals surface area contributed by atoms with Crippen molar-refractivity contribution in [2.45, 2.75) is 13.5 Å². The number of imide groups is 1. The number of aryl methyl sites for hydroxylation is 1. The Labute approximate surface area is 160 Å². The summed E-state index contributed by atoms with van der Waals surface area (Å²) in [5, 5.41) is 10.7. The molecular formula is C20H16N2O4S. The Kier molecular flexibility index (Phi) is 5.52. The molecule has 0 aliphatic carbocycles. The van der Waals surface area contributed by atoms with Gasteiger partial charge in [0.25, 0.3) is 16.8 Å². The van der Waals surface area contributed by atoms with Crippen LogP contribution in [0.3, 0.4) is 0 Å². The number of carbonyl (C=O) groups is 2. The molecule has 0 spiro atoms. The number of nitrogens with zero attached hydrogens (tertiary/aromatic N) is 2. The van der Waals surface area contributed by atoms with Gasteiger partial charge in [-0.15, -0.1) is 0 Å². The summed E-state index contributed by atoms with van der Waals surface area (Å²) >= 11 is 0.864. The molecule has 2 aromatic carbocycles. The molecule has 1 saturated heterocycles. The van der Waals surface area contributed by atoms with E-state index in [1.54, 1.807) is 30.4 Å². The number of hydrogen-bond acceptors (Lipinski definition) is 5. The Morgan fingerprint density at radius 3 is 2.67 bits per heavy atom. The molecule has 2 amide bonds. The van der Waals surface area contributed by atoms with Gasteiger partial charge in [-0.2, -0.15) is 0 Å². The molecule has 1 aliphatic heterocycles. The van der Waals surface area contributed by atoms with Crippen molar-refractivity contribution in [3.63, 3.8) is 0 Å². The number of carbonyl (C=O) groups excluding carboxylic acids is 2. The fourth-order valence-corrected chi connectivity index (χ4v) is 3.47.